The SMILES string of the molecule is N[C@@H](CCCCC(=O)Cn1cc(CNc2nc(NCc3cn(CCCNCCCNC4CCCCC4)nn3)nc3ccccc23)nn1)C(=O)O. The number of hydrogen-bond donors (Lipinski definition) is 6. The Morgan fingerprint density at radius 1 is 0.880 bits per heavy atom. The minimum absolute atomic E-state index is 0.00349. The first-order chi connectivity index (χ1) is 24.4. The number of rotatable bonds is 23. The number of unbranched alkanes of at least 4 members (excludes halogenated alkanes) is 1. The van der Waals surface area contributed by atoms with Crippen LogP contribution in [0.2, 0.25) is 0 Å². The number of aryl methyl sites for hydroxylation is 1. The van der Waals surface area contributed by atoms with Gasteiger partial charge in [-0.05, 0) is 70.3 Å². The lowest BCUT2D eigenvalue weighted by molar-refractivity contribution is -0.138. The van der Waals surface area contributed by atoms with Crippen LogP contribution in [0.3, 0.4) is 0 Å². The molecule has 0 spiro atoms. The summed E-state index contributed by atoms with van der Waals surface area (Å²) in [6.07, 6.45) is 14.4. The Bertz CT molecular complexity index is 1640. The molecule has 7 N–H and O–H groups in total. The Morgan fingerprint density at radius 3 is 2.44 bits per heavy atom. The first-order valence-corrected chi connectivity index (χ1v) is 17.9. The van der Waals surface area contributed by atoms with Crippen LogP contribution in [0.15, 0.2) is 36.7 Å². The number of aromatic nitrogens is 8. The molecule has 16 nitrogen and oxygen atoms in total. The number of nitrogens with zero attached hydrogens (tertiary/aromatic N) is 8. The van der Waals surface area contributed by atoms with Crippen LogP contribution in [0.1, 0.15) is 82.0 Å². The lowest BCUT2D eigenvalue weighted by atomic mass is 9.95. The van der Waals surface area contributed by atoms with Gasteiger partial charge < -0.3 is 32.1 Å². The van der Waals surface area contributed by atoms with Crippen LogP contribution in [-0.2, 0) is 35.8 Å². The fourth-order valence-electron chi connectivity index (χ4n) is 6.05. The predicted molar refractivity (Wildman–Crippen MR) is 190 cm³/mol. The normalized spacial score (nSPS) is 14.2. The van der Waals surface area contributed by atoms with Gasteiger partial charge in [0, 0.05) is 24.4 Å². The molecule has 0 unspecified atom stereocenters. The zero-order chi connectivity index (χ0) is 35.0. The Labute approximate surface area is 292 Å². The highest BCUT2D eigenvalue weighted by molar-refractivity contribution is 5.90. The van der Waals surface area contributed by atoms with Crippen molar-refractivity contribution in [1.82, 2.24) is 50.6 Å². The fourth-order valence-corrected chi connectivity index (χ4v) is 6.05. The Morgan fingerprint density at radius 2 is 1.62 bits per heavy atom. The van der Waals surface area contributed by atoms with E-state index >= 15 is 0 Å². The number of benzene rings is 1. The molecular weight excluding hydrogens is 638 g/mol. The van der Waals surface area contributed by atoms with E-state index in [9.17, 15) is 9.59 Å². The quantitative estimate of drug-likeness (QED) is 0.0618. The van der Waals surface area contributed by atoms with Gasteiger partial charge in [0.2, 0.25) is 5.95 Å². The molecule has 0 radical (unpaired) electrons. The number of hydrogen-bond acceptors (Lipinski definition) is 13. The van der Waals surface area contributed by atoms with Crippen molar-refractivity contribution in [2.75, 3.05) is 30.3 Å². The van der Waals surface area contributed by atoms with Crippen LogP contribution in [-0.4, -0.2) is 88.5 Å². The summed E-state index contributed by atoms with van der Waals surface area (Å²) in [5.41, 5.74) is 7.76. The first-order valence-electron chi connectivity index (χ1n) is 17.9. The third kappa shape index (κ3) is 12.1. The maximum absolute atomic E-state index is 12.4. The maximum atomic E-state index is 12.4. The molecule has 0 aliphatic heterocycles. The number of nitrogens with two attached hydrogens (primary N) is 1. The van der Waals surface area contributed by atoms with Gasteiger partial charge in [0.15, 0.2) is 5.78 Å². The van der Waals surface area contributed by atoms with E-state index in [1.165, 1.54) is 36.8 Å². The Kier molecular flexibility index (Phi) is 14.4. The molecule has 1 aliphatic carbocycles. The van der Waals surface area contributed by atoms with Crippen molar-refractivity contribution in [1.29, 1.82) is 0 Å². The summed E-state index contributed by atoms with van der Waals surface area (Å²) >= 11 is 0. The standard InChI is InChI=1S/C34H51N13O3/c35-30(33(49)50)14-6-4-12-28(48)24-47-23-26(43-45-47)20-38-32-29-13-5-7-15-31(29)40-34(41-32)39-21-27-22-46(44-42-27)19-9-17-36-16-8-18-37-25-10-2-1-3-11-25/h5,7,13,15,22-23,25,30,36-37H,1-4,6,8-12,14,16-21,24,35H2,(H,49,50)(H2,38,39,40,41)/t30-/m0/s1. The highest BCUT2D eigenvalue weighted by Gasteiger charge is 2.14. The highest BCUT2D eigenvalue weighted by Crippen LogP contribution is 2.22. The number of Topliss-reactive ketones (excluding diaryl/α,β-unsaturated/α-hetero) is 1. The third-order valence-corrected chi connectivity index (χ3v) is 8.83. The summed E-state index contributed by atoms with van der Waals surface area (Å²) in [5.74, 6) is 0.0720. The van der Waals surface area contributed by atoms with Crippen molar-refractivity contribution in [2.45, 2.75) is 109 Å². The van der Waals surface area contributed by atoms with Crippen LogP contribution in [0.5, 0.6) is 0 Å². The largest absolute Gasteiger partial charge is 0.480 e. The second-order valence-electron chi connectivity index (χ2n) is 13.0. The van der Waals surface area contributed by atoms with E-state index < -0.39 is 12.0 Å². The number of anilines is 2. The van der Waals surface area contributed by atoms with Gasteiger partial charge in [0.1, 0.15) is 29.8 Å². The van der Waals surface area contributed by atoms with Crippen LogP contribution in [0, 0.1) is 0 Å². The van der Waals surface area contributed by atoms with Gasteiger partial charge >= 0.3 is 5.97 Å². The van der Waals surface area contributed by atoms with Gasteiger partial charge in [-0.25, -0.2) is 9.67 Å². The van der Waals surface area contributed by atoms with E-state index in [1.54, 1.807) is 6.20 Å². The zero-order valence-corrected chi connectivity index (χ0v) is 28.8. The van der Waals surface area contributed by atoms with Crippen molar-refractivity contribution in [3.8, 4) is 0 Å². The van der Waals surface area contributed by atoms with E-state index in [1.807, 2.05) is 35.1 Å². The highest BCUT2D eigenvalue weighted by atomic mass is 16.4. The second-order valence-corrected chi connectivity index (χ2v) is 13.0. The van der Waals surface area contributed by atoms with Gasteiger partial charge in [-0.2, -0.15) is 4.98 Å². The fraction of sp³-hybridized carbons (Fsp3) is 0.588. The average Bonchev–Trinajstić information content (AvgIpc) is 3.78. The molecule has 5 rings (SSSR count). The first kappa shape index (κ1) is 36.7. The molecule has 3 aromatic heterocycles. The molecule has 1 saturated carbocycles. The van der Waals surface area contributed by atoms with Gasteiger partial charge in [-0.1, -0.05) is 48.2 Å². The van der Waals surface area contributed by atoms with E-state index in [-0.39, 0.29) is 12.3 Å². The molecule has 16 heteroatoms. The van der Waals surface area contributed by atoms with E-state index in [0.29, 0.717) is 56.2 Å². The van der Waals surface area contributed by atoms with Crippen molar-refractivity contribution in [3.05, 3.63) is 48.0 Å². The summed E-state index contributed by atoms with van der Waals surface area (Å²) in [7, 11) is 0. The van der Waals surface area contributed by atoms with Crippen molar-refractivity contribution >= 4 is 34.4 Å². The van der Waals surface area contributed by atoms with Gasteiger partial charge in [-0.15, -0.1) is 10.2 Å². The lowest BCUT2D eigenvalue weighted by Gasteiger charge is -2.22. The molecule has 1 fully saturated rings. The number of ketones is 1. The number of fused-ring (bicyclic) bond motifs is 1. The monoisotopic (exact) mass is 689 g/mol. The minimum Gasteiger partial charge on any atom is -0.480 e. The summed E-state index contributed by atoms with van der Waals surface area (Å²) in [6, 6.07) is 7.58. The molecule has 1 aliphatic rings. The summed E-state index contributed by atoms with van der Waals surface area (Å²) in [4.78, 5) is 32.6. The van der Waals surface area contributed by atoms with Gasteiger partial charge in [-0.3, -0.25) is 14.3 Å². The van der Waals surface area contributed by atoms with Crippen LogP contribution >= 0.6 is 0 Å². The number of para-hydroxylation sites is 1. The van der Waals surface area contributed by atoms with Crippen molar-refractivity contribution < 1.29 is 14.7 Å². The molecule has 1 atom stereocenters. The van der Waals surface area contributed by atoms with Crippen molar-refractivity contribution in [2.24, 2.45) is 5.73 Å². The predicted octanol–water partition coefficient (Wildman–Crippen LogP) is 2.87. The third-order valence-electron chi connectivity index (χ3n) is 8.83. The summed E-state index contributed by atoms with van der Waals surface area (Å²) in [5, 5.41) is 40.5. The number of carboxylic acid groups (broad SMARTS) is 1. The van der Waals surface area contributed by atoms with Crippen LogP contribution < -0.4 is 27.0 Å². The Hall–Kier alpha value is -4.54. The molecule has 0 amide bonds. The number of aliphatic carboxylic acids is 1. The van der Waals surface area contributed by atoms with Gasteiger partial charge in [0.05, 0.1) is 31.0 Å². The topological polar surface area (TPSA) is 216 Å². The van der Waals surface area contributed by atoms with E-state index in [4.69, 9.17) is 15.8 Å². The van der Waals surface area contributed by atoms with Crippen molar-refractivity contribution in [3.63, 3.8) is 0 Å². The molecule has 4 aromatic rings. The number of carbonyl (C=O) groups is 2. The van der Waals surface area contributed by atoms with Gasteiger partial charge in [0.25, 0.3) is 0 Å². The van der Waals surface area contributed by atoms with E-state index in [2.05, 4.69) is 46.9 Å². The molecule has 0 bridgehead atoms. The van der Waals surface area contributed by atoms with Crippen LogP contribution in [0.4, 0.5) is 11.8 Å². The Balaban J connectivity index is 1.03. The zero-order valence-electron chi connectivity index (χ0n) is 28.8. The molecule has 3 heterocycles. The minimum atomic E-state index is -1.03. The smallest absolute Gasteiger partial charge is 0.320 e. The summed E-state index contributed by atoms with van der Waals surface area (Å²) < 4.78 is 3.38. The number of nitrogens with one attached hydrogen (secondary N) is 4. The number of carboxylic acids is 1. The molecule has 1 aromatic carbocycles. The van der Waals surface area contributed by atoms with E-state index in [0.717, 1.165) is 61.7 Å². The number of carbonyl (C=O) groups excluding carboxylic acids is 1. The second kappa shape index (κ2) is 19.6. The summed E-state index contributed by atoms with van der Waals surface area (Å²) in [6.45, 7) is 4.72. The molecule has 270 valence electrons. The molecule has 50 heavy (non-hydrogen) atoms. The lowest BCUT2D eigenvalue weighted by Crippen LogP contribution is -2.33. The molecular formula is C34H51N13O3. The maximum Gasteiger partial charge on any atom is 0.320 e. The average molecular weight is 690 g/mol. The molecule has 0 saturated heterocycles. The van der Waals surface area contributed by atoms with Crippen LogP contribution in [0.25, 0.3) is 10.9 Å².